The molecule has 1 atom stereocenters. The first kappa shape index (κ1) is 66.4. The molecule has 0 aliphatic carbocycles. The van der Waals surface area contributed by atoms with Gasteiger partial charge in [0.05, 0.1) is 0 Å². The molecule has 0 saturated heterocycles. The molecule has 0 amide bonds. The summed E-state index contributed by atoms with van der Waals surface area (Å²) in [5.74, 6) is 1.69. The van der Waals surface area contributed by atoms with Crippen molar-refractivity contribution in [3.63, 3.8) is 0 Å². The van der Waals surface area contributed by atoms with Gasteiger partial charge in [0.25, 0.3) is 0 Å². The molecule has 0 N–H and O–H groups in total. The Morgan fingerprint density at radius 3 is 0.632 bits per heavy atom. The van der Waals surface area contributed by atoms with Crippen LogP contribution >= 0.6 is 0 Å². The summed E-state index contributed by atoms with van der Waals surface area (Å²) < 4.78 is 16.9. The van der Waals surface area contributed by atoms with E-state index in [1.807, 2.05) is 0 Å². The van der Waals surface area contributed by atoms with E-state index in [4.69, 9.17) is 14.2 Å². The number of ether oxygens (including phenoxy) is 3. The van der Waals surface area contributed by atoms with E-state index in [9.17, 15) is 14.4 Å². The van der Waals surface area contributed by atoms with E-state index in [2.05, 4.69) is 41.5 Å². The number of esters is 3. The number of unbranched alkanes of at least 4 members (excludes halogenated alkanes) is 38. The Bertz CT molecular complexity index is 1050. The minimum absolute atomic E-state index is 0.0629. The van der Waals surface area contributed by atoms with Crippen molar-refractivity contribution < 1.29 is 28.6 Å². The Labute approximate surface area is 425 Å². The highest BCUT2D eigenvalue weighted by Gasteiger charge is 2.19. The zero-order chi connectivity index (χ0) is 49.8. The Morgan fingerprint density at radius 2 is 0.426 bits per heavy atom. The van der Waals surface area contributed by atoms with Crippen molar-refractivity contribution in [1.82, 2.24) is 0 Å². The number of carbonyl (C=O) groups is 3. The lowest BCUT2D eigenvalue weighted by molar-refractivity contribution is -0.167. The van der Waals surface area contributed by atoms with Gasteiger partial charge in [-0.1, -0.05) is 305 Å². The molecule has 0 radical (unpaired) electrons. The Balaban J connectivity index is 4.30. The van der Waals surface area contributed by atoms with Crippen LogP contribution in [0.3, 0.4) is 0 Å². The topological polar surface area (TPSA) is 78.9 Å². The summed E-state index contributed by atoms with van der Waals surface area (Å²) in [5.41, 5.74) is 0. The van der Waals surface area contributed by atoms with Crippen molar-refractivity contribution in [2.24, 2.45) is 17.8 Å². The van der Waals surface area contributed by atoms with Gasteiger partial charge in [-0.3, -0.25) is 14.4 Å². The van der Waals surface area contributed by atoms with Gasteiger partial charge in [0.1, 0.15) is 13.2 Å². The van der Waals surface area contributed by atoms with Crippen LogP contribution in [0.5, 0.6) is 0 Å². The summed E-state index contributed by atoms with van der Waals surface area (Å²) in [4.78, 5) is 38.2. The fourth-order valence-electron chi connectivity index (χ4n) is 9.53. The number of rotatable bonds is 55. The minimum atomic E-state index is -0.764. The molecule has 0 aliphatic rings. The second kappa shape index (κ2) is 53.2. The molecule has 6 nitrogen and oxygen atoms in total. The van der Waals surface area contributed by atoms with Gasteiger partial charge in [0.2, 0.25) is 0 Å². The summed E-state index contributed by atoms with van der Waals surface area (Å²) in [5, 5.41) is 0. The zero-order valence-electron chi connectivity index (χ0n) is 46.9. The van der Waals surface area contributed by atoms with Crippen LogP contribution in [-0.2, 0) is 28.6 Å². The molecule has 0 aromatic carbocycles. The molecule has 0 aromatic heterocycles. The zero-order valence-corrected chi connectivity index (χ0v) is 46.9. The molecule has 0 heterocycles. The van der Waals surface area contributed by atoms with Crippen LogP contribution < -0.4 is 0 Å². The lowest BCUT2D eigenvalue weighted by atomic mass is 10.0. The lowest BCUT2D eigenvalue weighted by Gasteiger charge is -2.18. The molecule has 0 saturated carbocycles. The molecule has 404 valence electrons. The standard InChI is InChI=1S/C62H120O6/c1-56(2)48-42-36-30-24-18-12-7-9-15-21-27-33-39-45-51-60(63)66-54-59(55-67-61(64)52-46-40-34-28-22-17-11-14-20-26-32-38-44-50-58(5)6)68-62(65)53-47-41-35-29-23-16-10-8-13-19-25-31-37-43-49-57(3)4/h56-59H,7-55H2,1-6H3/t59-/m0/s1. The molecule has 6 heteroatoms. The predicted molar refractivity (Wildman–Crippen MR) is 293 cm³/mol. The van der Waals surface area contributed by atoms with Gasteiger partial charge in [0.15, 0.2) is 6.10 Å². The molecule has 0 aliphatic heterocycles. The Kier molecular flexibility index (Phi) is 52.0. The predicted octanol–water partition coefficient (Wildman–Crippen LogP) is 20.3. The second-order valence-electron chi connectivity index (χ2n) is 22.8. The summed E-state index contributed by atoms with van der Waals surface area (Å²) in [6, 6.07) is 0. The third-order valence-corrected chi connectivity index (χ3v) is 14.1. The quantitative estimate of drug-likeness (QED) is 0.0343. The highest BCUT2D eigenvalue weighted by Crippen LogP contribution is 2.19. The van der Waals surface area contributed by atoms with Crippen LogP contribution in [0.1, 0.15) is 343 Å². The van der Waals surface area contributed by atoms with Crippen molar-refractivity contribution in [1.29, 1.82) is 0 Å². The lowest BCUT2D eigenvalue weighted by Crippen LogP contribution is -2.30. The second-order valence-corrected chi connectivity index (χ2v) is 22.8. The molecule has 0 bridgehead atoms. The fraction of sp³-hybridized carbons (Fsp3) is 0.952. The first-order valence-corrected chi connectivity index (χ1v) is 30.6. The molecule has 0 spiro atoms. The first-order chi connectivity index (χ1) is 33.1. The van der Waals surface area contributed by atoms with E-state index in [-0.39, 0.29) is 31.1 Å². The number of hydrogen-bond donors (Lipinski definition) is 0. The first-order valence-electron chi connectivity index (χ1n) is 30.6. The third kappa shape index (κ3) is 55.3. The normalized spacial score (nSPS) is 12.1. The van der Waals surface area contributed by atoms with E-state index in [1.54, 1.807) is 0 Å². The van der Waals surface area contributed by atoms with Gasteiger partial charge in [-0.15, -0.1) is 0 Å². The van der Waals surface area contributed by atoms with Crippen molar-refractivity contribution in [2.45, 2.75) is 349 Å². The third-order valence-electron chi connectivity index (χ3n) is 14.1. The van der Waals surface area contributed by atoms with Crippen molar-refractivity contribution >= 4 is 17.9 Å². The van der Waals surface area contributed by atoms with Crippen LogP contribution in [0, 0.1) is 17.8 Å². The maximum atomic E-state index is 12.9. The maximum absolute atomic E-state index is 12.9. The maximum Gasteiger partial charge on any atom is 0.306 e. The van der Waals surface area contributed by atoms with Crippen LogP contribution in [0.4, 0.5) is 0 Å². The van der Waals surface area contributed by atoms with Crippen molar-refractivity contribution in [2.75, 3.05) is 13.2 Å². The van der Waals surface area contributed by atoms with Crippen molar-refractivity contribution in [3.8, 4) is 0 Å². The smallest absolute Gasteiger partial charge is 0.306 e. The van der Waals surface area contributed by atoms with Gasteiger partial charge in [0, 0.05) is 19.3 Å². The highest BCUT2D eigenvalue weighted by atomic mass is 16.6. The summed E-state index contributed by atoms with van der Waals surface area (Å²) in [6.45, 7) is 13.8. The number of carbonyl (C=O) groups excluding carboxylic acids is 3. The Morgan fingerprint density at radius 1 is 0.250 bits per heavy atom. The van der Waals surface area contributed by atoms with E-state index in [0.717, 1.165) is 75.5 Å². The average molecular weight is 962 g/mol. The fourth-order valence-corrected chi connectivity index (χ4v) is 9.53. The van der Waals surface area contributed by atoms with Crippen LogP contribution in [0.2, 0.25) is 0 Å². The van der Waals surface area contributed by atoms with Gasteiger partial charge < -0.3 is 14.2 Å². The summed E-state index contributed by atoms with van der Waals surface area (Å²) >= 11 is 0. The van der Waals surface area contributed by atoms with E-state index in [1.165, 1.54) is 225 Å². The van der Waals surface area contributed by atoms with Crippen molar-refractivity contribution in [3.05, 3.63) is 0 Å². The van der Waals surface area contributed by atoms with E-state index >= 15 is 0 Å². The molecule has 0 unspecified atom stereocenters. The van der Waals surface area contributed by atoms with E-state index < -0.39 is 6.10 Å². The molecule has 0 fully saturated rings. The summed E-state index contributed by atoms with van der Waals surface area (Å²) in [6.07, 6.45) is 56.7. The molecule has 0 aromatic rings. The van der Waals surface area contributed by atoms with Gasteiger partial charge in [-0.2, -0.15) is 0 Å². The van der Waals surface area contributed by atoms with Crippen LogP contribution in [0.25, 0.3) is 0 Å². The molecular weight excluding hydrogens is 841 g/mol. The van der Waals surface area contributed by atoms with Crippen LogP contribution in [-0.4, -0.2) is 37.2 Å². The van der Waals surface area contributed by atoms with Crippen LogP contribution in [0.15, 0.2) is 0 Å². The summed E-state index contributed by atoms with van der Waals surface area (Å²) in [7, 11) is 0. The highest BCUT2D eigenvalue weighted by molar-refractivity contribution is 5.71. The van der Waals surface area contributed by atoms with Gasteiger partial charge in [-0.25, -0.2) is 0 Å². The SMILES string of the molecule is CC(C)CCCCCCCCCCCCCCCCC(=O)OC[C@@H](COC(=O)CCCCCCCCCCCCCCCC(C)C)OC(=O)CCCCCCCCCCCCCCCCC(C)C. The number of hydrogen-bond acceptors (Lipinski definition) is 6. The molecule has 68 heavy (non-hydrogen) atoms. The Hall–Kier alpha value is -1.59. The van der Waals surface area contributed by atoms with E-state index in [0.29, 0.717) is 19.3 Å². The molecular formula is C62H120O6. The monoisotopic (exact) mass is 961 g/mol. The molecule has 0 rings (SSSR count). The average Bonchev–Trinajstić information content (AvgIpc) is 3.30. The van der Waals surface area contributed by atoms with Gasteiger partial charge in [-0.05, 0) is 37.0 Å². The minimum Gasteiger partial charge on any atom is -0.462 e. The largest absolute Gasteiger partial charge is 0.462 e. The van der Waals surface area contributed by atoms with Gasteiger partial charge >= 0.3 is 17.9 Å².